The van der Waals surface area contributed by atoms with Crippen molar-refractivity contribution in [1.82, 2.24) is 0 Å². The molecule has 18 heavy (non-hydrogen) atoms. The molecule has 2 rings (SSSR count). The summed E-state index contributed by atoms with van der Waals surface area (Å²) in [7, 11) is -1.64. The Bertz CT molecular complexity index is 455. The molecule has 0 aliphatic carbocycles. The first-order chi connectivity index (χ1) is 8.27. The van der Waals surface area contributed by atoms with Gasteiger partial charge in [0.25, 0.3) is 5.95 Å². The molecular formula is C15H22O2Si. The first-order valence-corrected chi connectivity index (χ1v) is 9.84. The molecule has 1 aliphatic rings. The van der Waals surface area contributed by atoms with E-state index in [1.807, 2.05) is 6.07 Å². The van der Waals surface area contributed by atoms with E-state index in [-0.39, 0.29) is 5.60 Å². The topological polar surface area (TPSA) is 18.5 Å². The molecule has 0 fully saturated rings. The summed E-state index contributed by atoms with van der Waals surface area (Å²) in [5.41, 5.74) is 2.24. The number of hydrogen-bond donors (Lipinski definition) is 0. The van der Waals surface area contributed by atoms with Crippen molar-refractivity contribution < 1.29 is 9.16 Å². The van der Waals surface area contributed by atoms with Gasteiger partial charge in [0.05, 0.1) is 0 Å². The fourth-order valence-corrected chi connectivity index (χ4v) is 2.79. The standard InChI is InChI=1S/C15H22O2Si/c1-15(2)11-13(12-9-7-6-8-10-12)14(16-15)17-18(3,4)5/h6-10H,11H2,1-5H3. The maximum absolute atomic E-state index is 6.10. The molecule has 0 radical (unpaired) electrons. The number of benzene rings is 1. The molecule has 3 heteroatoms. The third-order valence-electron chi connectivity index (χ3n) is 2.74. The van der Waals surface area contributed by atoms with Crippen LogP contribution in [0.1, 0.15) is 25.8 Å². The van der Waals surface area contributed by atoms with Gasteiger partial charge in [-0.2, -0.15) is 0 Å². The zero-order valence-corrected chi connectivity index (χ0v) is 12.9. The van der Waals surface area contributed by atoms with E-state index >= 15 is 0 Å². The fourth-order valence-electron chi connectivity index (χ4n) is 2.07. The minimum absolute atomic E-state index is 0.167. The highest BCUT2D eigenvalue weighted by Gasteiger charge is 2.36. The van der Waals surface area contributed by atoms with E-state index < -0.39 is 8.32 Å². The summed E-state index contributed by atoms with van der Waals surface area (Å²) in [6.45, 7) is 10.7. The van der Waals surface area contributed by atoms with Gasteiger partial charge in [-0.05, 0) is 39.1 Å². The Hall–Kier alpha value is -1.22. The average molecular weight is 262 g/mol. The molecule has 98 valence electrons. The van der Waals surface area contributed by atoms with Crippen LogP contribution in [-0.4, -0.2) is 13.9 Å². The highest BCUT2D eigenvalue weighted by molar-refractivity contribution is 6.70. The fraction of sp³-hybridized carbons (Fsp3) is 0.467. The van der Waals surface area contributed by atoms with Gasteiger partial charge in [-0.25, -0.2) is 0 Å². The van der Waals surface area contributed by atoms with Crippen molar-refractivity contribution in [3.8, 4) is 0 Å². The van der Waals surface area contributed by atoms with Gasteiger partial charge in [-0.3, -0.25) is 0 Å². The Morgan fingerprint density at radius 1 is 1.11 bits per heavy atom. The van der Waals surface area contributed by atoms with Crippen LogP contribution in [-0.2, 0) is 9.16 Å². The van der Waals surface area contributed by atoms with Crippen molar-refractivity contribution in [2.24, 2.45) is 0 Å². The van der Waals surface area contributed by atoms with Gasteiger partial charge in [-0.15, -0.1) is 0 Å². The molecule has 1 aromatic carbocycles. The third kappa shape index (κ3) is 3.16. The van der Waals surface area contributed by atoms with E-state index in [4.69, 9.17) is 9.16 Å². The molecule has 0 spiro atoms. The summed E-state index contributed by atoms with van der Waals surface area (Å²) in [6, 6.07) is 10.4. The molecule has 1 aromatic rings. The van der Waals surface area contributed by atoms with Gasteiger partial charge in [0, 0.05) is 12.0 Å². The SMILES string of the molecule is CC1(C)CC(c2ccccc2)=C(O[Si](C)(C)C)O1. The Kier molecular flexibility index (Phi) is 3.28. The van der Waals surface area contributed by atoms with Crippen LogP contribution in [0.15, 0.2) is 36.3 Å². The second kappa shape index (κ2) is 4.46. The Morgan fingerprint density at radius 2 is 1.72 bits per heavy atom. The summed E-state index contributed by atoms with van der Waals surface area (Å²) < 4.78 is 12.1. The molecule has 1 aliphatic heterocycles. The lowest BCUT2D eigenvalue weighted by Gasteiger charge is -2.24. The second-order valence-electron chi connectivity index (χ2n) is 6.39. The van der Waals surface area contributed by atoms with E-state index in [1.54, 1.807) is 0 Å². The maximum atomic E-state index is 6.10. The van der Waals surface area contributed by atoms with Crippen LogP contribution < -0.4 is 0 Å². The van der Waals surface area contributed by atoms with Crippen molar-refractivity contribution in [2.45, 2.75) is 45.5 Å². The lowest BCUT2D eigenvalue weighted by Crippen LogP contribution is -2.27. The highest BCUT2D eigenvalue weighted by Crippen LogP contribution is 2.40. The van der Waals surface area contributed by atoms with Crippen molar-refractivity contribution >= 4 is 13.9 Å². The first-order valence-electron chi connectivity index (χ1n) is 6.43. The average Bonchev–Trinajstić information content (AvgIpc) is 2.52. The van der Waals surface area contributed by atoms with Gasteiger partial charge in [0.15, 0.2) is 0 Å². The first kappa shape index (κ1) is 13.2. The Morgan fingerprint density at radius 3 is 2.28 bits per heavy atom. The van der Waals surface area contributed by atoms with Crippen LogP contribution >= 0.6 is 0 Å². The molecule has 0 atom stereocenters. The normalized spacial score (nSPS) is 18.7. The summed E-state index contributed by atoms with van der Waals surface area (Å²) in [4.78, 5) is 0. The van der Waals surface area contributed by atoms with Crippen molar-refractivity contribution in [1.29, 1.82) is 0 Å². The summed E-state index contributed by atoms with van der Waals surface area (Å²) >= 11 is 0. The largest absolute Gasteiger partial charge is 0.519 e. The van der Waals surface area contributed by atoms with Crippen LogP contribution in [0, 0.1) is 0 Å². The molecule has 1 heterocycles. The lowest BCUT2D eigenvalue weighted by molar-refractivity contribution is 0.00576. The van der Waals surface area contributed by atoms with Gasteiger partial charge >= 0.3 is 0 Å². The molecule has 0 N–H and O–H groups in total. The van der Waals surface area contributed by atoms with Gasteiger partial charge in [0.1, 0.15) is 5.60 Å². The zero-order valence-electron chi connectivity index (χ0n) is 11.9. The predicted octanol–water partition coefficient (Wildman–Crippen LogP) is 4.41. The molecule has 0 unspecified atom stereocenters. The van der Waals surface area contributed by atoms with Crippen molar-refractivity contribution in [3.63, 3.8) is 0 Å². The predicted molar refractivity (Wildman–Crippen MR) is 77.6 cm³/mol. The summed E-state index contributed by atoms with van der Waals surface area (Å²) in [6.07, 6.45) is 0.900. The van der Waals surface area contributed by atoms with Gasteiger partial charge in [0.2, 0.25) is 8.32 Å². The molecule has 2 nitrogen and oxygen atoms in total. The van der Waals surface area contributed by atoms with E-state index in [1.165, 1.54) is 11.1 Å². The second-order valence-corrected chi connectivity index (χ2v) is 10.8. The molecule has 0 saturated heterocycles. The molecular weight excluding hydrogens is 240 g/mol. The van der Waals surface area contributed by atoms with E-state index in [0.717, 1.165) is 12.4 Å². The van der Waals surface area contributed by atoms with E-state index in [9.17, 15) is 0 Å². The smallest absolute Gasteiger partial charge is 0.269 e. The zero-order chi connectivity index (χ0) is 13.4. The van der Waals surface area contributed by atoms with Crippen LogP contribution in [0.5, 0.6) is 0 Å². The number of rotatable bonds is 3. The Balaban J connectivity index is 2.35. The lowest BCUT2D eigenvalue weighted by atomic mass is 9.96. The third-order valence-corrected chi connectivity index (χ3v) is 3.54. The maximum Gasteiger partial charge on any atom is 0.269 e. The molecule has 0 amide bonds. The van der Waals surface area contributed by atoms with Crippen LogP contribution in [0.3, 0.4) is 0 Å². The Labute approximate surface area is 111 Å². The summed E-state index contributed by atoms with van der Waals surface area (Å²) in [5.74, 6) is 0.741. The van der Waals surface area contributed by atoms with Gasteiger partial charge < -0.3 is 9.16 Å². The van der Waals surface area contributed by atoms with Crippen LogP contribution in [0.25, 0.3) is 5.57 Å². The van der Waals surface area contributed by atoms with Crippen molar-refractivity contribution in [2.75, 3.05) is 0 Å². The monoisotopic (exact) mass is 262 g/mol. The minimum Gasteiger partial charge on any atom is -0.519 e. The van der Waals surface area contributed by atoms with E-state index in [2.05, 4.69) is 57.8 Å². The van der Waals surface area contributed by atoms with E-state index in [0.29, 0.717) is 0 Å². The van der Waals surface area contributed by atoms with Crippen molar-refractivity contribution in [3.05, 3.63) is 41.8 Å². The highest BCUT2D eigenvalue weighted by atomic mass is 28.4. The number of ether oxygens (including phenoxy) is 1. The summed E-state index contributed by atoms with van der Waals surface area (Å²) in [5, 5.41) is 0. The van der Waals surface area contributed by atoms with Crippen LogP contribution in [0.4, 0.5) is 0 Å². The quantitative estimate of drug-likeness (QED) is 0.751. The van der Waals surface area contributed by atoms with Gasteiger partial charge in [-0.1, -0.05) is 30.3 Å². The molecule has 0 saturated carbocycles. The minimum atomic E-state index is -1.64. The molecule has 0 bridgehead atoms. The van der Waals surface area contributed by atoms with Crippen LogP contribution in [0.2, 0.25) is 19.6 Å². The number of hydrogen-bond acceptors (Lipinski definition) is 2. The molecule has 0 aromatic heterocycles.